The summed E-state index contributed by atoms with van der Waals surface area (Å²) >= 11 is 0. The van der Waals surface area contributed by atoms with Gasteiger partial charge in [0, 0.05) is 19.8 Å². The van der Waals surface area contributed by atoms with Crippen LogP contribution in [0.5, 0.6) is 0 Å². The van der Waals surface area contributed by atoms with Gasteiger partial charge < -0.3 is 5.32 Å². The minimum absolute atomic E-state index is 0.375. The van der Waals surface area contributed by atoms with Gasteiger partial charge in [0.25, 0.3) is 0 Å². The Labute approximate surface area is 97.0 Å². The van der Waals surface area contributed by atoms with Gasteiger partial charge >= 0.3 is 6.18 Å². The second-order valence-electron chi connectivity index (χ2n) is 3.70. The Morgan fingerprint density at radius 2 is 2.29 bits per heavy atom. The Morgan fingerprint density at radius 3 is 2.76 bits per heavy atom. The molecule has 1 atom stereocenters. The molecule has 0 spiro atoms. The van der Waals surface area contributed by atoms with Crippen molar-refractivity contribution in [1.82, 2.24) is 15.1 Å². The Balaban J connectivity index is 2.26. The van der Waals surface area contributed by atoms with Crippen LogP contribution in [0.4, 0.5) is 13.2 Å². The van der Waals surface area contributed by atoms with Crippen LogP contribution in [-0.4, -0.2) is 29.0 Å². The molecule has 4 nitrogen and oxygen atoms in total. The third-order valence-electron chi connectivity index (χ3n) is 2.25. The van der Waals surface area contributed by atoms with Crippen LogP contribution in [0, 0.1) is 17.2 Å². The van der Waals surface area contributed by atoms with Gasteiger partial charge in [-0.2, -0.15) is 23.5 Å². The maximum absolute atomic E-state index is 12.2. The minimum Gasteiger partial charge on any atom is -0.315 e. The van der Waals surface area contributed by atoms with Crippen LogP contribution in [0.3, 0.4) is 0 Å². The molecule has 17 heavy (non-hydrogen) atoms. The van der Waals surface area contributed by atoms with Gasteiger partial charge in [-0.05, 0) is 18.5 Å². The molecule has 0 saturated heterocycles. The van der Waals surface area contributed by atoms with Crippen molar-refractivity contribution in [2.24, 2.45) is 13.0 Å². The lowest BCUT2D eigenvalue weighted by Crippen LogP contribution is -2.33. The lowest BCUT2D eigenvalue weighted by atomic mass is 10.1. The van der Waals surface area contributed by atoms with Crippen LogP contribution >= 0.6 is 0 Å². The molecule has 1 N–H and O–H groups in total. The summed E-state index contributed by atoms with van der Waals surface area (Å²) in [6.45, 7) is 0.0141. The van der Waals surface area contributed by atoms with Crippen LogP contribution in [0.15, 0.2) is 12.4 Å². The van der Waals surface area contributed by atoms with E-state index in [4.69, 9.17) is 5.26 Å². The maximum atomic E-state index is 12.2. The molecule has 0 aliphatic rings. The fraction of sp³-hybridized carbons (Fsp3) is 0.600. The fourth-order valence-electron chi connectivity index (χ4n) is 1.31. The maximum Gasteiger partial charge on any atom is 0.405 e. The van der Waals surface area contributed by atoms with Crippen LogP contribution < -0.4 is 5.32 Å². The topological polar surface area (TPSA) is 53.6 Å². The number of nitriles is 1. The third kappa shape index (κ3) is 4.44. The van der Waals surface area contributed by atoms with E-state index in [9.17, 15) is 13.2 Å². The molecule has 94 valence electrons. The first-order chi connectivity index (χ1) is 7.93. The molecule has 1 aromatic rings. The predicted octanol–water partition coefficient (Wildman–Crippen LogP) is 1.25. The van der Waals surface area contributed by atoms with Gasteiger partial charge in [-0.1, -0.05) is 0 Å². The standard InChI is InChI=1S/C10H13F3N4/c1-17-7-8(5-16-17)2-3-15-6-9(4-14)10(11,12)13/h5,7,9,15H,2-3,6H2,1H3. The van der Waals surface area contributed by atoms with E-state index in [1.165, 1.54) is 6.07 Å². The lowest BCUT2D eigenvalue weighted by molar-refractivity contribution is -0.157. The number of nitrogens with one attached hydrogen (secondary N) is 1. The molecule has 1 heterocycles. The van der Waals surface area contributed by atoms with Crippen molar-refractivity contribution < 1.29 is 13.2 Å². The first-order valence-corrected chi connectivity index (χ1v) is 5.08. The molecule has 0 aliphatic heterocycles. The molecule has 1 unspecified atom stereocenters. The summed E-state index contributed by atoms with van der Waals surface area (Å²) in [5.74, 6) is -1.95. The number of hydrogen-bond donors (Lipinski definition) is 1. The summed E-state index contributed by atoms with van der Waals surface area (Å²) in [5, 5.41) is 14.9. The van der Waals surface area contributed by atoms with Crippen molar-refractivity contribution in [2.45, 2.75) is 12.6 Å². The molecular formula is C10H13F3N4. The van der Waals surface area contributed by atoms with Gasteiger partial charge in [0.05, 0.1) is 12.3 Å². The average Bonchev–Trinajstić information content (AvgIpc) is 2.62. The minimum atomic E-state index is -4.46. The number of alkyl halides is 3. The first-order valence-electron chi connectivity index (χ1n) is 5.08. The van der Waals surface area contributed by atoms with E-state index in [1.54, 1.807) is 24.1 Å². The molecule has 0 aromatic carbocycles. The summed E-state index contributed by atoms with van der Waals surface area (Å²) in [4.78, 5) is 0. The van der Waals surface area contributed by atoms with E-state index in [0.29, 0.717) is 13.0 Å². The zero-order valence-electron chi connectivity index (χ0n) is 9.33. The monoisotopic (exact) mass is 246 g/mol. The first kappa shape index (κ1) is 13.5. The van der Waals surface area contributed by atoms with Crippen molar-refractivity contribution in [3.05, 3.63) is 18.0 Å². The zero-order chi connectivity index (χ0) is 12.9. The number of nitrogens with zero attached hydrogens (tertiary/aromatic N) is 3. The second-order valence-corrected chi connectivity index (χ2v) is 3.70. The number of rotatable bonds is 5. The number of aryl methyl sites for hydroxylation is 1. The normalized spacial score (nSPS) is 13.4. The molecule has 0 bridgehead atoms. The van der Waals surface area contributed by atoms with E-state index < -0.39 is 12.1 Å². The van der Waals surface area contributed by atoms with E-state index in [2.05, 4.69) is 10.4 Å². The lowest BCUT2D eigenvalue weighted by Gasteiger charge is -2.13. The van der Waals surface area contributed by atoms with Crippen molar-refractivity contribution in [3.8, 4) is 6.07 Å². The molecular weight excluding hydrogens is 233 g/mol. The van der Waals surface area contributed by atoms with Gasteiger partial charge in [-0.3, -0.25) is 4.68 Å². The Morgan fingerprint density at radius 1 is 1.59 bits per heavy atom. The summed E-state index contributed by atoms with van der Waals surface area (Å²) in [6, 6.07) is 1.24. The molecule has 1 aromatic heterocycles. The molecule has 7 heteroatoms. The highest BCUT2D eigenvalue weighted by Crippen LogP contribution is 2.24. The molecule has 0 radical (unpaired) electrons. The van der Waals surface area contributed by atoms with E-state index >= 15 is 0 Å². The van der Waals surface area contributed by atoms with Crippen LogP contribution in [-0.2, 0) is 13.5 Å². The van der Waals surface area contributed by atoms with E-state index in [-0.39, 0.29) is 6.54 Å². The molecule has 0 aliphatic carbocycles. The largest absolute Gasteiger partial charge is 0.405 e. The van der Waals surface area contributed by atoms with Gasteiger partial charge in [-0.15, -0.1) is 0 Å². The van der Waals surface area contributed by atoms with Crippen molar-refractivity contribution in [2.75, 3.05) is 13.1 Å². The summed E-state index contributed by atoms with van der Waals surface area (Å²) in [6.07, 6.45) is -0.416. The molecule has 0 saturated carbocycles. The second kappa shape index (κ2) is 5.68. The summed E-state index contributed by atoms with van der Waals surface area (Å²) in [5.41, 5.74) is 0.945. The van der Waals surface area contributed by atoms with Gasteiger partial charge in [0.15, 0.2) is 5.92 Å². The van der Waals surface area contributed by atoms with Crippen molar-refractivity contribution in [1.29, 1.82) is 5.26 Å². The number of halogens is 3. The van der Waals surface area contributed by atoms with Crippen LogP contribution in [0.1, 0.15) is 5.56 Å². The molecule has 0 amide bonds. The molecule has 0 fully saturated rings. The Kier molecular flexibility index (Phi) is 4.52. The van der Waals surface area contributed by atoms with Crippen LogP contribution in [0.25, 0.3) is 0 Å². The summed E-state index contributed by atoms with van der Waals surface area (Å²) < 4.78 is 38.2. The zero-order valence-corrected chi connectivity index (χ0v) is 9.33. The van der Waals surface area contributed by atoms with Crippen LogP contribution in [0.2, 0.25) is 0 Å². The van der Waals surface area contributed by atoms with E-state index in [1.807, 2.05) is 0 Å². The van der Waals surface area contributed by atoms with E-state index in [0.717, 1.165) is 5.56 Å². The highest BCUT2D eigenvalue weighted by atomic mass is 19.4. The SMILES string of the molecule is Cn1cc(CCNCC(C#N)C(F)(F)F)cn1. The highest BCUT2D eigenvalue weighted by molar-refractivity contribution is 5.03. The average molecular weight is 246 g/mol. The Hall–Kier alpha value is -1.55. The van der Waals surface area contributed by atoms with Gasteiger partial charge in [0.1, 0.15) is 0 Å². The predicted molar refractivity (Wildman–Crippen MR) is 54.9 cm³/mol. The van der Waals surface area contributed by atoms with Gasteiger partial charge in [-0.25, -0.2) is 0 Å². The number of aromatic nitrogens is 2. The molecule has 1 rings (SSSR count). The smallest absolute Gasteiger partial charge is 0.315 e. The van der Waals surface area contributed by atoms with Crippen molar-refractivity contribution >= 4 is 0 Å². The summed E-state index contributed by atoms with van der Waals surface area (Å²) in [7, 11) is 1.77. The highest BCUT2D eigenvalue weighted by Gasteiger charge is 2.39. The number of hydrogen-bond acceptors (Lipinski definition) is 3. The third-order valence-corrected chi connectivity index (χ3v) is 2.25. The fourth-order valence-corrected chi connectivity index (χ4v) is 1.31. The quantitative estimate of drug-likeness (QED) is 0.796. The van der Waals surface area contributed by atoms with Gasteiger partial charge in [0.2, 0.25) is 0 Å². The van der Waals surface area contributed by atoms with Crippen molar-refractivity contribution in [3.63, 3.8) is 0 Å². The Bertz CT molecular complexity index is 391.